The molecule has 5 heteroatoms. The van der Waals surface area contributed by atoms with E-state index in [0.29, 0.717) is 5.75 Å². The lowest BCUT2D eigenvalue weighted by Gasteiger charge is -2.08. The van der Waals surface area contributed by atoms with Crippen molar-refractivity contribution >= 4 is 22.9 Å². The molecule has 0 radical (unpaired) electrons. The number of ether oxygens (including phenoxy) is 1. The molecule has 0 fully saturated rings. The lowest BCUT2D eigenvalue weighted by atomic mass is 10.2. The second kappa shape index (κ2) is 7.75. The number of carbonyl (C=O) groups excluding carboxylic acids is 1. The van der Waals surface area contributed by atoms with Gasteiger partial charge in [0, 0.05) is 22.8 Å². The Kier molecular flexibility index (Phi) is 5.23. The minimum Gasteiger partial charge on any atom is -0.484 e. The van der Waals surface area contributed by atoms with Crippen molar-refractivity contribution in [1.82, 2.24) is 4.98 Å². The molecule has 1 N–H and O–H groups in total. The van der Waals surface area contributed by atoms with Crippen molar-refractivity contribution in [3.8, 4) is 16.3 Å². The minimum atomic E-state index is -0.184. The largest absolute Gasteiger partial charge is 0.484 e. The summed E-state index contributed by atoms with van der Waals surface area (Å²) >= 11 is 1.59. The maximum absolute atomic E-state index is 12.0. The van der Waals surface area contributed by atoms with E-state index in [-0.39, 0.29) is 12.5 Å². The van der Waals surface area contributed by atoms with E-state index in [9.17, 15) is 4.79 Å². The molecule has 3 rings (SSSR count). The van der Waals surface area contributed by atoms with Gasteiger partial charge in [-0.2, -0.15) is 0 Å². The number of benzene rings is 2. The molecule has 0 atom stereocenters. The lowest BCUT2D eigenvalue weighted by Crippen LogP contribution is -2.20. The summed E-state index contributed by atoms with van der Waals surface area (Å²) in [6.45, 7) is 2.09. The van der Waals surface area contributed by atoms with Crippen LogP contribution in [-0.2, 0) is 11.2 Å². The van der Waals surface area contributed by atoms with E-state index in [4.69, 9.17) is 4.74 Å². The van der Waals surface area contributed by atoms with E-state index in [1.54, 1.807) is 17.5 Å². The maximum Gasteiger partial charge on any atom is 0.262 e. The second-order valence-corrected chi connectivity index (χ2v) is 6.14. The molecule has 3 aromatic rings. The molecule has 4 nitrogen and oxygen atoms in total. The Morgan fingerprint density at radius 2 is 1.88 bits per heavy atom. The first kappa shape index (κ1) is 16.2. The Balaban J connectivity index is 1.52. The average molecular weight is 338 g/mol. The van der Waals surface area contributed by atoms with E-state index in [1.165, 1.54) is 5.56 Å². The fraction of sp³-hybridized carbons (Fsp3) is 0.158. The Morgan fingerprint density at radius 3 is 2.50 bits per heavy atom. The highest BCUT2D eigenvalue weighted by Crippen LogP contribution is 2.23. The fourth-order valence-electron chi connectivity index (χ4n) is 2.23. The van der Waals surface area contributed by atoms with Crippen molar-refractivity contribution in [3.05, 3.63) is 65.7 Å². The third-order valence-corrected chi connectivity index (χ3v) is 4.37. The number of hydrogen-bond acceptors (Lipinski definition) is 4. The molecule has 0 aliphatic heterocycles. The van der Waals surface area contributed by atoms with Gasteiger partial charge in [0.1, 0.15) is 10.8 Å². The smallest absolute Gasteiger partial charge is 0.262 e. The predicted molar refractivity (Wildman–Crippen MR) is 97.5 cm³/mol. The van der Waals surface area contributed by atoms with Crippen molar-refractivity contribution in [1.29, 1.82) is 0 Å². The van der Waals surface area contributed by atoms with Crippen molar-refractivity contribution in [2.45, 2.75) is 13.3 Å². The van der Waals surface area contributed by atoms with Gasteiger partial charge in [0.25, 0.3) is 5.91 Å². The van der Waals surface area contributed by atoms with E-state index in [1.807, 2.05) is 53.9 Å². The lowest BCUT2D eigenvalue weighted by molar-refractivity contribution is -0.118. The van der Waals surface area contributed by atoms with Gasteiger partial charge in [0.05, 0.1) is 0 Å². The molecule has 122 valence electrons. The summed E-state index contributed by atoms with van der Waals surface area (Å²) in [4.78, 5) is 16.2. The number of amides is 1. The number of thiazole rings is 1. The van der Waals surface area contributed by atoms with Gasteiger partial charge in [-0.05, 0) is 48.4 Å². The zero-order chi connectivity index (χ0) is 16.8. The summed E-state index contributed by atoms with van der Waals surface area (Å²) in [5.74, 6) is 0.512. The molecule has 0 spiro atoms. The van der Waals surface area contributed by atoms with Gasteiger partial charge in [-0.25, -0.2) is 4.98 Å². The van der Waals surface area contributed by atoms with Crippen LogP contribution in [0.5, 0.6) is 5.75 Å². The first-order valence-corrected chi connectivity index (χ1v) is 8.64. The Morgan fingerprint density at radius 1 is 1.12 bits per heavy atom. The van der Waals surface area contributed by atoms with Crippen LogP contribution in [0, 0.1) is 0 Å². The van der Waals surface area contributed by atoms with Gasteiger partial charge < -0.3 is 10.1 Å². The highest BCUT2D eigenvalue weighted by Gasteiger charge is 2.05. The third kappa shape index (κ3) is 4.20. The monoisotopic (exact) mass is 338 g/mol. The van der Waals surface area contributed by atoms with Crippen LogP contribution in [0.1, 0.15) is 12.5 Å². The molecule has 1 amide bonds. The van der Waals surface area contributed by atoms with Crippen LogP contribution < -0.4 is 10.1 Å². The number of rotatable bonds is 6. The average Bonchev–Trinajstić information content (AvgIpc) is 3.16. The first-order chi connectivity index (χ1) is 11.7. The maximum atomic E-state index is 12.0. The number of aromatic nitrogens is 1. The Bertz CT molecular complexity index is 781. The second-order valence-electron chi connectivity index (χ2n) is 5.25. The van der Waals surface area contributed by atoms with Crippen molar-refractivity contribution in [3.63, 3.8) is 0 Å². The zero-order valence-corrected chi connectivity index (χ0v) is 14.2. The fourth-order valence-corrected chi connectivity index (χ4v) is 2.87. The van der Waals surface area contributed by atoms with Crippen LogP contribution in [0.4, 0.5) is 5.69 Å². The van der Waals surface area contributed by atoms with Gasteiger partial charge in [-0.1, -0.05) is 19.1 Å². The molecular formula is C19H18N2O2S. The third-order valence-electron chi connectivity index (χ3n) is 3.55. The number of nitrogens with one attached hydrogen (secondary N) is 1. The molecule has 2 aromatic carbocycles. The molecule has 0 saturated heterocycles. The molecule has 1 heterocycles. The summed E-state index contributed by atoms with van der Waals surface area (Å²) in [6, 6.07) is 15.4. The van der Waals surface area contributed by atoms with E-state index in [2.05, 4.69) is 17.2 Å². The quantitative estimate of drug-likeness (QED) is 0.725. The van der Waals surface area contributed by atoms with Gasteiger partial charge >= 0.3 is 0 Å². The molecule has 24 heavy (non-hydrogen) atoms. The number of carbonyl (C=O) groups is 1. The van der Waals surface area contributed by atoms with Crippen LogP contribution in [-0.4, -0.2) is 17.5 Å². The summed E-state index contributed by atoms with van der Waals surface area (Å²) in [7, 11) is 0. The van der Waals surface area contributed by atoms with E-state index < -0.39 is 0 Å². The Hall–Kier alpha value is -2.66. The van der Waals surface area contributed by atoms with Crippen LogP contribution >= 0.6 is 11.3 Å². The normalized spacial score (nSPS) is 10.4. The summed E-state index contributed by atoms with van der Waals surface area (Å²) < 4.78 is 5.50. The molecule has 0 aliphatic carbocycles. The van der Waals surface area contributed by atoms with Crippen molar-refractivity contribution in [2.24, 2.45) is 0 Å². The first-order valence-electron chi connectivity index (χ1n) is 7.76. The summed E-state index contributed by atoms with van der Waals surface area (Å²) in [5, 5.41) is 5.73. The van der Waals surface area contributed by atoms with Gasteiger partial charge in [-0.3, -0.25) is 4.79 Å². The molecule has 0 bridgehead atoms. The van der Waals surface area contributed by atoms with Crippen molar-refractivity contribution in [2.75, 3.05) is 11.9 Å². The minimum absolute atomic E-state index is 0.0142. The molecular weight excluding hydrogens is 320 g/mol. The van der Waals surface area contributed by atoms with Gasteiger partial charge in [-0.15, -0.1) is 11.3 Å². The zero-order valence-electron chi connectivity index (χ0n) is 13.4. The van der Waals surface area contributed by atoms with Crippen LogP contribution in [0.25, 0.3) is 10.6 Å². The highest BCUT2D eigenvalue weighted by molar-refractivity contribution is 7.13. The standard InChI is InChI=1S/C19H18N2O2S/c1-2-14-3-9-17(10-4-14)23-13-18(22)21-16-7-5-15(6-8-16)19-20-11-12-24-19/h3-12H,2,13H2,1H3,(H,21,22). The number of hydrogen-bond donors (Lipinski definition) is 1. The summed E-state index contributed by atoms with van der Waals surface area (Å²) in [5.41, 5.74) is 3.02. The predicted octanol–water partition coefficient (Wildman–Crippen LogP) is 4.39. The number of aryl methyl sites for hydroxylation is 1. The molecule has 1 aromatic heterocycles. The van der Waals surface area contributed by atoms with Crippen LogP contribution in [0.15, 0.2) is 60.1 Å². The van der Waals surface area contributed by atoms with Crippen LogP contribution in [0.2, 0.25) is 0 Å². The SMILES string of the molecule is CCc1ccc(OCC(=O)Nc2ccc(-c3nccs3)cc2)cc1. The Labute approximate surface area is 145 Å². The summed E-state index contributed by atoms with van der Waals surface area (Å²) in [6.07, 6.45) is 2.76. The topological polar surface area (TPSA) is 51.2 Å². The van der Waals surface area contributed by atoms with Crippen LogP contribution in [0.3, 0.4) is 0 Å². The van der Waals surface area contributed by atoms with Gasteiger partial charge in [0.2, 0.25) is 0 Å². The van der Waals surface area contributed by atoms with Gasteiger partial charge in [0.15, 0.2) is 6.61 Å². The molecule has 0 unspecified atom stereocenters. The highest BCUT2D eigenvalue weighted by atomic mass is 32.1. The number of anilines is 1. The van der Waals surface area contributed by atoms with Crippen molar-refractivity contribution < 1.29 is 9.53 Å². The van der Waals surface area contributed by atoms with E-state index >= 15 is 0 Å². The van der Waals surface area contributed by atoms with E-state index in [0.717, 1.165) is 22.7 Å². The molecule has 0 saturated carbocycles. The number of nitrogens with zero attached hydrogens (tertiary/aromatic N) is 1. The molecule has 0 aliphatic rings.